The number of nitro benzene ring substituents is 1. The summed E-state index contributed by atoms with van der Waals surface area (Å²) >= 11 is 7.67. The highest BCUT2D eigenvalue weighted by molar-refractivity contribution is 7.98. The van der Waals surface area contributed by atoms with E-state index in [0.717, 1.165) is 4.90 Å². The first-order chi connectivity index (χ1) is 10.9. The average Bonchev–Trinajstić information content (AvgIpc) is 2.56. The number of halogens is 1. The van der Waals surface area contributed by atoms with E-state index in [1.54, 1.807) is 30.9 Å². The van der Waals surface area contributed by atoms with Crippen molar-refractivity contribution in [2.24, 2.45) is 0 Å². The number of nitrogens with zero attached hydrogens (tertiary/aromatic N) is 2. The van der Waals surface area contributed by atoms with Crippen LogP contribution in [0.2, 0.25) is 5.02 Å². The van der Waals surface area contributed by atoms with E-state index in [2.05, 4.69) is 0 Å². The molecule has 0 saturated carbocycles. The Bertz CT molecular complexity index is 735. The highest BCUT2D eigenvalue weighted by atomic mass is 35.5. The molecular weight excluding hydrogens is 336 g/mol. The van der Waals surface area contributed by atoms with Crippen LogP contribution in [0.1, 0.15) is 15.9 Å². The van der Waals surface area contributed by atoms with E-state index in [-0.39, 0.29) is 18.1 Å². The Morgan fingerprint density at radius 2 is 1.91 bits per heavy atom. The third kappa shape index (κ3) is 4.24. The molecule has 7 heteroatoms. The zero-order valence-corrected chi connectivity index (χ0v) is 14.2. The molecule has 0 aliphatic heterocycles. The van der Waals surface area contributed by atoms with Crippen LogP contribution in [-0.2, 0) is 6.54 Å². The summed E-state index contributed by atoms with van der Waals surface area (Å²) in [6.07, 6.45) is 1.97. The molecule has 0 unspecified atom stereocenters. The van der Waals surface area contributed by atoms with Gasteiger partial charge in [0.25, 0.3) is 11.6 Å². The normalized spacial score (nSPS) is 10.4. The Hall–Kier alpha value is -2.05. The molecule has 5 nitrogen and oxygen atoms in total. The summed E-state index contributed by atoms with van der Waals surface area (Å²) in [5, 5.41) is 11.2. The summed E-state index contributed by atoms with van der Waals surface area (Å²) in [6.45, 7) is 0.198. The summed E-state index contributed by atoms with van der Waals surface area (Å²) in [6, 6.07) is 11.5. The summed E-state index contributed by atoms with van der Waals surface area (Å²) in [5.41, 5.74) is 1.05. The molecule has 2 rings (SSSR count). The summed E-state index contributed by atoms with van der Waals surface area (Å²) < 4.78 is 0. The van der Waals surface area contributed by atoms with Crippen molar-refractivity contribution < 1.29 is 9.72 Å². The first kappa shape index (κ1) is 17.3. The zero-order valence-electron chi connectivity index (χ0n) is 12.7. The van der Waals surface area contributed by atoms with E-state index in [4.69, 9.17) is 11.6 Å². The van der Waals surface area contributed by atoms with E-state index in [1.807, 2.05) is 18.4 Å². The minimum atomic E-state index is -0.483. The molecule has 0 radical (unpaired) electrons. The lowest BCUT2D eigenvalue weighted by atomic mass is 10.1. The Morgan fingerprint density at radius 3 is 2.48 bits per heavy atom. The summed E-state index contributed by atoms with van der Waals surface area (Å²) in [5.74, 6) is -0.166. The quantitative estimate of drug-likeness (QED) is 0.459. The second-order valence-corrected chi connectivity index (χ2v) is 6.21. The van der Waals surface area contributed by atoms with E-state index in [0.29, 0.717) is 16.1 Å². The van der Waals surface area contributed by atoms with Crippen LogP contribution < -0.4 is 0 Å². The number of nitro groups is 1. The van der Waals surface area contributed by atoms with E-state index in [1.165, 1.54) is 23.1 Å². The van der Waals surface area contributed by atoms with Crippen molar-refractivity contribution in [2.75, 3.05) is 13.3 Å². The fourth-order valence-corrected chi connectivity index (χ4v) is 2.66. The van der Waals surface area contributed by atoms with Crippen molar-refractivity contribution in [1.82, 2.24) is 4.90 Å². The van der Waals surface area contributed by atoms with Crippen LogP contribution >= 0.6 is 23.4 Å². The van der Waals surface area contributed by atoms with Gasteiger partial charge in [-0.25, -0.2) is 0 Å². The summed E-state index contributed by atoms with van der Waals surface area (Å²) in [7, 11) is 1.64. The average molecular weight is 351 g/mol. The molecule has 0 saturated heterocycles. The highest BCUT2D eigenvalue weighted by Gasteiger charge is 2.16. The van der Waals surface area contributed by atoms with Crippen LogP contribution in [0.5, 0.6) is 0 Å². The van der Waals surface area contributed by atoms with Gasteiger partial charge in [-0.3, -0.25) is 14.9 Å². The maximum absolute atomic E-state index is 12.4. The van der Waals surface area contributed by atoms with Crippen molar-refractivity contribution in [3.63, 3.8) is 0 Å². The maximum atomic E-state index is 12.4. The molecule has 0 fully saturated rings. The molecule has 0 aromatic heterocycles. The Balaban J connectivity index is 2.17. The van der Waals surface area contributed by atoms with E-state index >= 15 is 0 Å². The lowest BCUT2D eigenvalue weighted by Gasteiger charge is -2.18. The number of carbonyl (C=O) groups is 1. The molecule has 0 bridgehead atoms. The third-order valence-corrected chi connectivity index (χ3v) is 4.44. The highest BCUT2D eigenvalue weighted by Crippen LogP contribution is 2.24. The number of thioether (sulfide) groups is 1. The Kier molecular flexibility index (Phi) is 5.63. The molecule has 0 atom stereocenters. The largest absolute Gasteiger partial charge is 0.337 e. The van der Waals surface area contributed by atoms with Crippen molar-refractivity contribution in [1.29, 1.82) is 0 Å². The van der Waals surface area contributed by atoms with Gasteiger partial charge in [0, 0.05) is 41.2 Å². The lowest BCUT2D eigenvalue weighted by molar-refractivity contribution is -0.384. The minimum absolute atomic E-state index is 0.0467. The number of carbonyl (C=O) groups excluding carboxylic acids is 1. The number of amides is 1. The number of hydrogen-bond acceptors (Lipinski definition) is 4. The van der Waals surface area contributed by atoms with Gasteiger partial charge in [0.1, 0.15) is 0 Å². The fourth-order valence-electron chi connectivity index (χ4n) is 2.08. The lowest BCUT2D eigenvalue weighted by Crippen LogP contribution is -2.26. The van der Waals surface area contributed by atoms with E-state index in [9.17, 15) is 14.9 Å². The molecule has 1 amide bonds. The van der Waals surface area contributed by atoms with Crippen LogP contribution in [0.3, 0.4) is 0 Å². The van der Waals surface area contributed by atoms with Gasteiger partial charge in [-0.15, -0.1) is 11.8 Å². The van der Waals surface area contributed by atoms with Gasteiger partial charge < -0.3 is 4.90 Å². The maximum Gasteiger partial charge on any atom is 0.269 e. The third-order valence-electron chi connectivity index (χ3n) is 3.33. The van der Waals surface area contributed by atoms with Gasteiger partial charge in [0.05, 0.1) is 4.92 Å². The van der Waals surface area contributed by atoms with Crippen molar-refractivity contribution in [3.8, 4) is 0 Å². The van der Waals surface area contributed by atoms with Crippen LogP contribution in [0, 0.1) is 10.1 Å². The minimum Gasteiger partial charge on any atom is -0.337 e. The number of rotatable bonds is 5. The Labute approximate surface area is 143 Å². The molecule has 0 aliphatic carbocycles. The number of hydrogen-bond donors (Lipinski definition) is 0. The SMILES string of the molecule is CSc1ccc(C(=O)N(C)Cc2cc([N+](=O)[O-])ccc2Cl)cc1. The predicted octanol–water partition coefficient (Wildman–Crippen LogP) is 4.24. The second kappa shape index (κ2) is 7.48. The van der Waals surface area contributed by atoms with Crippen molar-refractivity contribution in [3.05, 3.63) is 68.7 Å². The molecule has 0 aliphatic rings. The second-order valence-electron chi connectivity index (χ2n) is 4.92. The molecule has 0 spiro atoms. The van der Waals surface area contributed by atoms with E-state index < -0.39 is 4.92 Å². The first-order valence-corrected chi connectivity index (χ1v) is 8.35. The predicted molar refractivity (Wildman–Crippen MR) is 92.1 cm³/mol. The van der Waals surface area contributed by atoms with Crippen molar-refractivity contribution in [2.45, 2.75) is 11.4 Å². The molecule has 0 heterocycles. The molecular formula is C16H15ClN2O3S. The standard InChI is InChI=1S/C16H15ClN2O3S/c1-18(16(20)11-3-6-14(23-2)7-4-11)10-12-9-13(19(21)22)5-8-15(12)17/h3-9H,10H2,1-2H3. The smallest absolute Gasteiger partial charge is 0.269 e. The van der Waals surface area contributed by atoms with Crippen LogP contribution in [0.15, 0.2) is 47.4 Å². The zero-order chi connectivity index (χ0) is 17.0. The summed E-state index contributed by atoms with van der Waals surface area (Å²) in [4.78, 5) is 25.3. The van der Waals surface area contributed by atoms with Crippen molar-refractivity contribution >= 4 is 35.0 Å². The topological polar surface area (TPSA) is 63.5 Å². The fraction of sp³-hybridized carbons (Fsp3) is 0.188. The van der Waals surface area contributed by atoms with Gasteiger partial charge in [-0.2, -0.15) is 0 Å². The number of benzene rings is 2. The first-order valence-electron chi connectivity index (χ1n) is 6.74. The van der Waals surface area contributed by atoms with Crippen LogP contribution in [0.25, 0.3) is 0 Å². The van der Waals surface area contributed by atoms with Gasteiger partial charge in [-0.1, -0.05) is 11.6 Å². The van der Waals surface area contributed by atoms with Gasteiger partial charge in [0.2, 0.25) is 0 Å². The molecule has 2 aromatic carbocycles. The molecule has 120 valence electrons. The van der Waals surface area contributed by atoms with Gasteiger partial charge in [-0.05, 0) is 42.2 Å². The van der Waals surface area contributed by atoms with Crippen LogP contribution in [-0.4, -0.2) is 29.0 Å². The molecule has 23 heavy (non-hydrogen) atoms. The number of non-ortho nitro benzene ring substituents is 1. The Morgan fingerprint density at radius 1 is 1.26 bits per heavy atom. The van der Waals surface area contributed by atoms with Gasteiger partial charge in [0.15, 0.2) is 0 Å². The molecule has 0 N–H and O–H groups in total. The molecule has 2 aromatic rings. The monoisotopic (exact) mass is 350 g/mol. The van der Waals surface area contributed by atoms with Crippen LogP contribution in [0.4, 0.5) is 5.69 Å². The van der Waals surface area contributed by atoms with Gasteiger partial charge >= 0.3 is 0 Å².